The SMILES string of the molecule is CSc1c(C(F)(F)F)ccc(C(C)C)c1Cl. The summed E-state index contributed by atoms with van der Waals surface area (Å²) in [7, 11) is 0. The molecule has 0 spiro atoms. The van der Waals surface area contributed by atoms with Gasteiger partial charge in [0.05, 0.1) is 10.6 Å². The van der Waals surface area contributed by atoms with Gasteiger partial charge in [0.25, 0.3) is 0 Å². The van der Waals surface area contributed by atoms with Crippen LogP contribution in [0.4, 0.5) is 13.2 Å². The molecule has 0 aliphatic rings. The first-order valence-electron chi connectivity index (χ1n) is 4.72. The van der Waals surface area contributed by atoms with E-state index in [1.54, 1.807) is 6.26 Å². The number of benzene rings is 1. The monoisotopic (exact) mass is 268 g/mol. The largest absolute Gasteiger partial charge is 0.417 e. The smallest absolute Gasteiger partial charge is 0.166 e. The summed E-state index contributed by atoms with van der Waals surface area (Å²) in [6.07, 6.45) is -2.75. The van der Waals surface area contributed by atoms with Crippen molar-refractivity contribution >= 4 is 23.4 Å². The molecule has 5 heteroatoms. The van der Waals surface area contributed by atoms with Gasteiger partial charge in [-0.25, -0.2) is 0 Å². The van der Waals surface area contributed by atoms with Crippen molar-refractivity contribution in [1.29, 1.82) is 0 Å². The van der Waals surface area contributed by atoms with Crippen LogP contribution in [0.2, 0.25) is 5.02 Å². The summed E-state index contributed by atoms with van der Waals surface area (Å²) in [5.41, 5.74) is 0.0911. The van der Waals surface area contributed by atoms with Crippen LogP contribution in [0.5, 0.6) is 0 Å². The Morgan fingerprint density at radius 1 is 1.25 bits per heavy atom. The molecule has 0 unspecified atom stereocenters. The molecule has 1 aromatic carbocycles. The number of halogens is 4. The van der Waals surface area contributed by atoms with Gasteiger partial charge in [-0.1, -0.05) is 31.5 Å². The summed E-state index contributed by atoms with van der Waals surface area (Å²) in [4.78, 5) is 0.111. The summed E-state index contributed by atoms with van der Waals surface area (Å²) in [6, 6.07) is 2.56. The Hall–Kier alpha value is -0.350. The van der Waals surface area contributed by atoms with E-state index in [9.17, 15) is 13.2 Å². The summed E-state index contributed by atoms with van der Waals surface area (Å²) >= 11 is 7.02. The highest BCUT2D eigenvalue weighted by molar-refractivity contribution is 7.98. The molecule has 0 nitrogen and oxygen atoms in total. The quantitative estimate of drug-likeness (QED) is 0.664. The Morgan fingerprint density at radius 2 is 1.81 bits per heavy atom. The Balaban J connectivity index is 3.41. The lowest BCUT2D eigenvalue weighted by atomic mass is 10.0. The van der Waals surface area contributed by atoms with Crippen LogP contribution in [0.25, 0.3) is 0 Å². The van der Waals surface area contributed by atoms with Crippen molar-refractivity contribution in [1.82, 2.24) is 0 Å². The van der Waals surface area contributed by atoms with E-state index in [2.05, 4.69) is 0 Å². The first-order chi connectivity index (χ1) is 7.29. The molecule has 90 valence electrons. The van der Waals surface area contributed by atoms with E-state index in [1.165, 1.54) is 6.07 Å². The topological polar surface area (TPSA) is 0 Å². The maximum atomic E-state index is 12.7. The summed E-state index contributed by atoms with van der Waals surface area (Å²) < 4.78 is 38.0. The predicted octanol–water partition coefficient (Wildman–Crippen LogP) is 5.20. The Morgan fingerprint density at radius 3 is 2.19 bits per heavy atom. The molecule has 0 amide bonds. The number of hydrogen-bond acceptors (Lipinski definition) is 1. The van der Waals surface area contributed by atoms with Crippen LogP contribution in [-0.2, 0) is 6.18 Å². The summed E-state index contributed by atoms with van der Waals surface area (Å²) in [5.74, 6) is 0.112. The summed E-state index contributed by atoms with van der Waals surface area (Å²) in [6.45, 7) is 3.80. The molecule has 16 heavy (non-hydrogen) atoms. The van der Waals surface area contributed by atoms with Crippen LogP contribution in [-0.4, -0.2) is 6.26 Å². The highest BCUT2D eigenvalue weighted by Gasteiger charge is 2.34. The zero-order valence-corrected chi connectivity index (χ0v) is 10.7. The van der Waals surface area contributed by atoms with Gasteiger partial charge in [-0.15, -0.1) is 11.8 Å². The van der Waals surface area contributed by atoms with Gasteiger partial charge < -0.3 is 0 Å². The highest BCUT2D eigenvalue weighted by atomic mass is 35.5. The fourth-order valence-corrected chi connectivity index (χ4v) is 2.76. The van der Waals surface area contributed by atoms with Gasteiger partial charge in [-0.05, 0) is 23.8 Å². The zero-order valence-electron chi connectivity index (χ0n) is 9.15. The van der Waals surface area contributed by atoms with E-state index in [4.69, 9.17) is 11.6 Å². The van der Waals surface area contributed by atoms with Crippen LogP contribution in [0.3, 0.4) is 0 Å². The molecule has 1 aromatic rings. The van der Waals surface area contributed by atoms with Crippen molar-refractivity contribution in [2.24, 2.45) is 0 Å². The molecular weight excluding hydrogens is 257 g/mol. The fourth-order valence-electron chi connectivity index (χ4n) is 1.44. The van der Waals surface area contributed by atoms with Crippen molar-refractivity contribution in [3.63, 3.8) is 0 Å². The van der Waals surface area contributed by atoms with E-state index in [0.717, 1.165) is 23.4 Å². The number of rotatable bonds is 2. The van der Waals surface area contributed by atoms with Crippen molar-refractivity contribution in [3.8, 4) is 0 Å². The molecule has 0 saturated heterocycles. The Kier molecular flexibility index (Phi) is 4.18. The van der Waals surface area contributed by atoms with Crippen LogP contribution in [0.1, 0.15) is 30.9 Å². The molecule has 0 aliphatic heterocycles. The molecular formula is C11H12ClF3S. The van der Waals surface area contributed by atoms with Gasteiger partial charge in [0.2, 0.25) is 0 Å². The highest BCUT2D eigenvalue weighted by Crippen LogP contribution is 2.42. The van der Waals surface area contributed by atoms with Crippen molar-refractivity contribution < 1.29 is 13.2 Å². The van der Waals surface area contributed by atoms with Crippen LogP contribution >= 0.6 is 23.4 Å². The normalized spacial score (nSPS) is 12.2. The van der Waals surface area contributed by atoms with Gasteiger partial charge >= 0.3 is 6.18 Å². The fraction of sp³-hybridized carbons (Fsp3) is 0.455. The van der Waals surface area contributed by atoms with Crippen LogP contribution in [0.15, 0.2) is 17.0 Å². The molecule has 0 N–H and O–H groups in total. The molecule has 0 aromatic heterocycles. The molecule has 0 heterocycles. The molecule has 0 saturated carbocycles. The maximum Gasteiger partial charge on any atom is 0.417 e. The van der Waals surface area contributed by atoms with Crippen molar-refractivity contribution in [2.45, 2.75) is 30.8 Å². The third-order valence-electron chi connectivity index (χ3n) is 2.26. The van der Waals surface area contributed by atoms with Gasteiger partial charge in [0.15, 0.2) is 0 Å². The van der Waals surface area contributed by atoms with E-state index in [-0.39, 0.29) is 15.8 Å². The lowest BCUT2D eigenvalue weighted by molar-refractivity contribution is -0.139. The minimum atomic E-state index is -4.35. The van der Waals surface area contributed by atoms with E-state index < -0.39 is 11.7 Å². The van der Waals surface area contributed by atoms with E-state index in [0.29, 0.717) is 0 Å². The molecule has 1 rings (SSSR count). The number of alkyl halides is 3. The number of hydrogen-bond donors (Lipinski definition) is 0. The summed E-state index contributed by atoms with van der Waals surface area (Å²) in [5, 5.41) is 0.220. The third-order valence-corrected chi connectivity index (χ3v) is 3.61. The van der Waals surface area contributed by atoms with Gasteiger partial charge in [-0.3, -0.25) is 0 Å². The van der Waals surface area contributed by atoms with Crippen molar-refractivity contribution in [2.75, 3.05) is 6.26 Å². The standard InChI is InChI=1S/C11H12ClF3S/c1-6(2)7-4-5-8(11(13,14)15)10(16-3)9(7)12/h4-6H,1-3H3. The second kappa shape index (κ2) is 4.88. The first-order valence-corrected chi connectivity index (χ1v) is 6.33. The lowest BCUT2D eigenvalue weighted by Gasteiger charge is -2.17. The Bertz CT molecular complexity index is 386. The first kappa shape index (κ1) is 13.7. The average molecular weight is 269 g/mol. The molecule has 0 aliphatic carbocycles. The predicted molar refractivity (Wildman–Crippen MR) is 62.3 cm³/mol. The molecule has 0 bridgehead atoms. The molecule has 0 fully saturated rings. The average Bonchev–Trinajstić information content (AvgIpc) is 2.15. The van der Waals surface area contributed by atoms with Crippen LogP contribution < -0.4 is 0 Å². The second-order valence-electron chi connectivity index (χ2n) is 3.70. The second-order valence-corrected chi connectivity index (χ2v) is 4.90. The third kappa shape index (κ3) is 2.66. The van der Waals surface area contributed by atoms with Gasteiger partial charge in [-0.2, -0.15) is 13.2 Å². The molecule has 0 radical (unpaired) electrons. The van der Waals surface area contributed by atoms with Gasteiger partial charge in [0.1, 0.15) is 0 Å². The Labute approximate surface area is 102 Å². The lowest BCUT2D eigenvalue weighted by Crippen LogP contribution is -2.08. The van der Waals surface area contributed by atoms with Gasteiger partial charge in [0, 0.05) is 4.90 Å². The zero-order chi connectivity index (χ0) is 12.5. The van der Waals surface area contributed by atoms with E-state index in [1.807, 2.05) is 13.8 Å². The van der Waals surface area contributed by atoms with E-state index >= 15 is 0 Å². The minimum absolute atomic E-state index is 0.111. The maximum absolute atomic E-state index is 12.7. The number of thioether (sulfide) groups is 1. The molecule has 0 atom stereocenters. The van der Waals surface area contributed by atoms with Crippen LogP contribution in [0, 0.1) is 0 Å². The van der Waals surface area contributed by atoms with Crippen molar-refractivity contribution in [3.05, 3.63) is 28.3 Å². The minimum Gasteiger partial charge on any atom is -0.166 e.